The van der Waals surface area contributed by atoms with Crippen molar-refractivity contribution in [3.05, 3.63) is 32.7 Å². The van der Waals surface area contributed by atoms with Crippen molar-refractivity contribution in [2.45, 2.75) is 25.8 Å². The first-order valence-corrected chi connectivity index (χ1v) is 6.18. The van der Waals surface area contributed by atoms with Crippen molar-refractivity contribution in [3.63, 3.8) is 0 Å². The Morgan fingerprint density at radius 3 is 2.71 bits per heavy atom. The lowest BCUT2D eigenvalue weighted by molar-refractivity contribution is 0.508. The molecule has 14 heavy (non-hydrogen) atoms. The fourth-order valence-corrected chi connectivity index (χ4v) is 2.30. The molecule has 78 valence electrons. The Morgan fingerprint density at radius 1 is 1.43 bits per heavy atom. The molecule has 0 saturated heterocycles. The molecule has 0 aliphatic rings. The summed E-state index contributed by atoms with van der Waals surface area (Å²) in [6, 6.07) is 6.34. The van der Waals surface area contributed by atoms with Gasteiger partial charge in [0.15, 0.2) is 0 Å². The van der Waals surface area contributed by atoms with Crippen LogP contribution in [-0.4, -0.2) is 0 Å². The number of hydrogen-bond acceptors (Lipinski definition) is 2. The third kappa shape index (κ3) is 3.05. The highest BCUT2D eigenvalue weighted by molar-refractivity contribution is 9.11. The van der Waals surface area contributed by atoms with Crippen molar-refractivity contribution in [3.8, 4) is 0 Å². The van der Waals surface area contributed by atoms with E-state index in [0.29, 0.717) is 0 Å². The molecular formula is C10H14Br2N2. The zero-order valence-corrected chi connectivity index (χ0v) is 11.2. The molecule has 1 aromatic carbocycles. The van der Waals surface area contributed by atoms with Gasteiger partial charge >= 0.3 is 0 Å². The number of rotatable bonds is 4. The summed E-state index contributed by atoms with van der Waals surface area (Å²) in [5, 5.41) is 0. The van der Waals surface area contributed by atoms with Crippen molar-refractivity contribution in [1.82, 2.24) is 5.43 Å². The summed E-state index contributed by atoms with van der Waals surface area (Å²) in [6.07, 6.45) is 2.14. The number of hydrazine groups is 1. The normalized spacial score (nSPS) is 12.9. The average Bonchev–Trinajstić information content (AvgIpc) is 2.18. The maximum absolute atomic E-state index is 5.52. The van der Waals surface area contributed by atoms with Gasteiger partial charge in [-0.2, -0.15) is 0 Å². The first-order chi connectivity index (χ1) is 6.69. The van der Waals surface area contributed by atoms with Crippen molar-refractivity contribution >= 4 is 31.9 Å². The lowest BCUT2D eigenvalue weighted by Crippen LogP contribution is -2.28. The van der Waals surface area contributed by atoms with Crippen LogP contribution in [0.3, 0.4) is 0 Å². The third-order valence-corrected chi connectivity index (χ3v) is 3.33. The smallest absolute Gasteiger partial charge is 0.0471 e. The summed E-state index contributed by atoms with van der Waals surface area (Å²) in [5.41, 5.74) is 4.03. The molecule has 0 aromatic heterocycles. The second-order valence-electron chi connectivity index (χ2n) is 3.17. The molecule has 0 saturated carbocycles. The van der Waals surface area contributed by atoms with Gasteiger partial charge in [0.1, 0.15) is 0 Å². The summed E-state index contributed by atoms with van der Waals surface area (Å²) in [6.45, 7) is 2.15. The molecule has 1 unspecified atom stereocenters. The van der Waals surface area contributed by atoms with E-state index < -0.39 is 0 Å². The number of hydrogen-bond donors (Lipinski definition) is 2. The molecule has 0 spiro atoms. The fraction of sp³-hybridized carbons (Fsp3) is 0.400. The molecule has 1 aromatic rings. The highest BCUT2D eigenvalue weighted by atomic mass is 79.9. The van der Waals surface area contributed by atoms with Gasteiger partial charge < -0.3 is 0 Å². The van der Waals surface area contributed by atoms with E-state index in [4.69, 9.17) is 5.84 Å². The SMILES string of the molecule is CCCC(NN)c1cc(Br)ccc1Br. The summed E-state index contributed by atoms with van der Waals surface area (Å²) in [4.78, 5) is 0. The Hall–Kier alpha value is 0.1000. The van der Waals surface area contributed by atoms with Crippen LogP contribution in [0.25, 0.3) is 0 Å². The molecule has 1 atom stereocenters. The van der Waals surface area contributed by atoms with Crippen LogP contribution >= 0.6 is 31.9 Å². The molecule has 4 heteroatoms. The second-order valence-corrected chi connectivity index (χ2v) is 4.94. The van der Waals surface area contributed by atoms with E-state index in [0.717, 1.165) is 21.8 Å². The van der Waals surface area contributed by atoms with Gasteiger partial charge in [-0.15, -0.1) is 0 Å². The monoisotopic (exact) mass is 320 g/mol. The minimum Gasteiger partial charge on any atom is -0.271 e. The minimum absolute atomic E-state index is 0.215. The molecule has 1 rings (SSSR count). The van der Waals surface area contributed by atoms with E-state index in [-0.39, 0.29) is 6.04 Å². The van der Waals surface area contributed by atoms with Crippen LogP contribution in [0, 0.1) is 0 Å². The fourth-order valence-electron chi connectivity index (χ4n) is 1.40. The second kappa shape index (κ2) is 5.85. The van der Waals surface area contributed by atoms with Crippen LogP contribution in [-0.2, 0) is 0 Å². The van der Waals surface area contributed by atoms with Gasteiger partial charge in [0.2, 0.25) is 0 Å². The Morgan fingerprint density at radius 2 is 2.14 bits per heavy atom. The van der Waals surface area contributed by atoms with Crippen LogP contribution in [0.5, 0.6) is 0 Å². The van der Waals surface area contributed by atoms with E-state index in [1.807, 2.05) is 12.1 Å². The molecule has 0 fully saturated rings. The first-order valence-electron chi connectivity index (χ1n) is 4.60. The van der Waals surface area contributed by atoms with E-state index >= 15 is 0 Å². The molecular weight excluding hydrogens is 308 g/mol. The van der Waals surface area contributed by atoms with Crippen LogP contribution in [0.2, 0.25) is 0 Å². The van der Waals surface area contributed by atoms with E-state index in [1.54, 1.807) is 0 Å². The zero-order valence-electron chi connectivity index (χ0n) is 8.06. The average molecular weight is 322 g/mol. The van der Waals surface area contributed by atoms with Crippen molar-refractivity contribution in [2.75, 3.05) is 0 Å². The van der Waals surface area contributed by atoms with Crippen molar-refractivity contribution in [2.24, 2.45) is 5.84 Å². The van der Waals surface area contributed by atoms with E-state index in [2.05, 4.69) is 50.3 Å². The summed E-state index contributed by atoms with van der Waals surface area (Å²) in [5.74, 6) is 5.52. The molecule has 0 aliphatic carbocycles. The number of halogens is 2. The van der Waals surface area contributed by atoms with E-state index in [9.17, 15) is 0 Å². The molecule has 3 N–H and O–H groups in total. The standard InChI is InChI=1S/C10H14Br2N2/c1-2-3-10(14-13)8-6-7(11)4-5-9(8)12/h4-6,10,14H,2-3,13H2,1H3. The minimum atomic E-state index is 0.215. The number of nitrogens with two attached hydrogens (primary N) is 1. The largest absolute Gasteiger partial charge is 0.271 e. The highest BCUT2D eigenvalue weighted by Crippen LogP contribution is 2.28. The molecule has 0 amide bonds. The summed E-state index contributed by atoms with van der Waals surface area (Å²) >= 11 is 6.98. The van der Waals surface area contributed by atoms with Crippen LogP contribution in [0.4, 0.5) is 0 Å². The van der Waals surface area contributed by atoms with Crippen LogP contribution < -0.4 is 11.3 Å². The van der Waals surface area contributed by atoms with Gasteiger partial charge in [0.05, 0.1) is 0 Å². The maximum Gasteiger partial charge on any atom is 0.0471 e. The summed E-state index contributed by atoms with van der Waals surface area (Å²) in [7, 11) is 0. The highest BCUT2D eigenvalue weighted by Gasteiger charge is 2.11. The molecule has 0 aliphatic heterocycles. The number of benzene rings is 1. The first kappa shape index (κ1) is 12.2. The van der Waals surface area contributed by atoms with Gasteiger partial charge in [0, 0.05) is 15.0 Å². The lowest BCUT2D eigenvalue weighted by atomic mass is 10.0. The lowest BCUT2D eigenvalue weighted by Gasteiger charge is -2.17. The quantitative estimate of drug-likeness (QED) is 0.658. The van der Waals surface area contributed by atoms with Crippen molar-refractivity contribution < 1.29 is 0 Å². The van der Waals surface area contributed by atoms with Gasteiger partial charge in [-0.05, 0) is 30.2 Å². The number of nitrogens with one attached hydrogen (secondary N) is 1. The maximum atomic E-state index is 5.52. The van der Waals surface area contributed by atoms with Gasteiger partial charge in [-0.25, -0.2) is 0 Å². The molecule has 0 radical (unpaired) electrons. The summed E-state index contributed by atoms with van der Waals surface area (Å²) < 4.78 is 2.17. The zero-order chi connectivity index (χ0) is 10.6. The third-order valence-electron chi connectivity index (χ3n) is 2.11. The van der Waals surface area contributed by atoms with Crippen molar-refractivity contribution in [1.29, 1.82) is 0 Å². The topological polar surface area (TPSA) is 38.0 Å². The van der Waals surface area contributed by atoms with Crippen LogP contribution in [0.15, 0.2) is 27.1 Å². The molecule has 0 heterocycles. The predicted octanol–water partition coefficient (Wildman–Crippen LogP) is 3.52. The predicted molar refractivity (Wildman–Crippen MR) is 66.8 cm³/mol. The molecule has 0 bridgehead atoms. The van der Waals surface area contributed by atoms with E-state index in [1.165, 1.54) is 5.56 Å². The van der Waals surface area contributed by atoms with Gasteiger partial charge in [-0.3, -0.25) is 11.3 Å². The Bertz CT molecular complexity index is 302. The Labute approximate surface area is 101 Å². The Kier molecular flexibility index (Phi) is 5.09. The van der Waals surface area contributed by atoms with Gasteiger partial charge in [0.25, 0.3) is 0 Å². The Balaban J connectivity index is 2.96. The van der Waals surface area contributed by atoms with Gasteiger partial charge in [-0.1, -0.05) is 45.2 Å². The molecule has 2 nitrogen and oxygen atoms in total. The van der Waals surface area contributed by atoms with Crippen LogP contribution in [0.1, 0.15) is 31.4 Å².